The molecule has 0 aliphatic carbocycles. The van der Waals surface area contributed by atoms with Crippen molar-refractivity contribution < 1.29 is 14.4 Å². The van der Waals surface area contributed by atoms with Gasteiger partial charge in [-0.1, -0.05) is 23.8 Å². The number of hydrogen-bond donors (Lipinski definition) is 2. The van der Waals surface area contributed by atoms with Crippen LogP contribution in [0.2, 0.25) is 0 Å². The fraction of sp³-hybridized carbons (Fsp3) is 0.115. The number of aromatic nitrogens is 1. The Bertz CT molecular complexity index is 1360. The summed E-state index contributed by atoms with van der Waals surface area (Å²) in [7, 11) is 0. The Kier molecular flexibility index (Phi) is 5.48. The number of rotatable bonds is 5. The lowest BCUT2D eigenvalue weighted by atomic mass is 10.1. The van der Waals surface area contributed by atoms with Crippen LogP contribution in [0.15, 0.2) is 83.9 Å². The quantitative estimate of drug-likeness (QED) is 0.408. The minimum atomic E-state index is -0.482. The number of aromatic amines is 1. The van der Waals surface area contributed by atoms with Crippen molar-refractivity contribution in [2.24, 2.45) is 0 Å². The number of carbonyl (C=O) groups is 3. The van der Waals surface area contributed by atoms with Crippen LogP contribution in [0.3, 0.4) is 0 Å². The van der Waals surface area contributed by atoms with Crippen molar-refractivity contribution in [3.8, 4) is 0 Å². The van der Waals surface area contributed by atoms with Crippen molar-refractivity contribution in [1.29, 1.82) is 0 Å². The van der Waals surface area contributed by atoms with Crippen molar-refractivity contribution in [2.45, 2.75) is 23.5 Å². The molecule has 1 aliphatic heterocycles. The Morgan fingerprint density at radius 2 is 1.76 bits per heavy atom. The van der Waals surface area contributed by atoms with Crippen molar-refractivity contribution in [3.63, 3.8) is 0 Å². The fourth-order valence-electron chi connectivity index (χ4n) is 3.83. The summed E-state index contributed by atoms with van der Waals surface area (Å²) in [5.74, 6) is -0.598. The number of nitrogens with zero attached hydrogens (tertiary/aromatic N) is 1. The molecule has 1 fully saturated rings. The van der Waals surface area contributed by atoms with Crippen LogP contribution in [0, 0.1) is 6.92 Å². The lowest BCUT2D eigenvalue weighted by Gasteiger charge is -2.15. The summed E-state index contributed by atoms with van der Waals surface area (Å²) in [5.41, 5.74) is 3.81. The first-order chi connectivity index (χ1) is 16.0. The number of hydrogen-bond acceptors (Lipinski definition) is 4. The van der Waals surface area contributed by atoms with E-state index in [0.717, 1.165) is 21.4 Å². The van der Waals surface area contributed by atoms with Crippen LogP contribution in [0.4, 0.5) is 11.4 Å². The molecular weight excluding hydrogens is 434 g/mol. The van der Waals surface area contributed by atoms with E-state index in [4.69, 9.17) is 0 Å². The smallest absolute Gasteiger partial charge is 0.255 e. The first-order valence-corrected chi connectivity index (χ1v) is 11.4. The van der Waals surface area contributed by atoms with E-state index in [1.165, 1.54) is 16.7 Å². The Hall–Kier alpha value is -3.84. The Morgan fingerprint density at radius 1 is 1.00 bits per heavy atom. The van der Waals surface area contributed by atoms with Crippen molar-refractivity contribution in [3.05, 3.63) is 90.1 Å². The van der Waals surface area contributed by atoms with E-state index >= 15 is 0 Å². The topological polar surface area (TPSA) is 82.3 Å². The zero-order valence-electron chi connectivity index (χ0n) is 17.9. The van der Waals surface area contributed by atoms with Gasteiger partial charge in [0.25, 0.3) is 5.91 Å². The number of H-pyrrole nitrogens is 1. The number of amides is 3. The highest BCUT2D eigenvalue weighted by atomic mass is 32.2. The average molecular weight is 456 g/mol. The molecule has 1 aliphatic rings. The summed E-state index contributed by atoms with van der Waals surface area (Å²) in [6.45, 7) is 1.97. The molecule has 0 spiro atoms. The van der Waals surface area contributed by atoms with Gasteiger partial charge in [-0.15, -0.1) is 11.8 Å². The number of thioether (sulfide) groups is 1. The second-order valence-corrected chi connectivity index (χ2v) is 9.25. The summed E-state index contributed by atoms with van der Waals surface area (Å²) < 4.78 is 0. The lowest BCUT2D eigenvalue weighted by molar-refractivity contribution is -0.121. The fourth-order valence-corrected chi connectivity index (χ4v) is 4.89. The summed E-state index contributed by atoms with van der Waals surface area (Å²) in [6.07, 6.45) is 1.98. The van der Waals surface area contributed by atoms with Gasteiger partial charge in [0.2, 0.25) is 11.8 Å². The standard InChI is InChI=1S/C26H21N3O3S/c1-16-2-4-18(5-3-16)25(31)28-19-7-10-21(11-8-19)33-23-15-24(30)29(26(23)32)20-9-6-17-12-13-27-22(17)14-20/h2-14,23,27H,15H2,1H3,(H,28,31). The minimum absolute atomic E-state index is 0.151. The molecule has 0 bridgehead atoms. The first kappa shape index (κ1) is 21.0. The molecule has 6 nitrogen and oxygen atoms in total. The summed E-state index contributed by atoms with van der Waals surface area (Å²) >= 11 is 1.36. The predicted octanol–water partition coefficient (Wildman–Crippen LogP) is 5.15. The van der Waals surface area contributed by atoms with Crippen molar-refractivity contribution in [2.75, 3.05) is 10.2 Å². The van der Waals surface area contributed by atoms with Gasteiger partial charge in [-0.25, -0.2) is 4.90 Å². The number of nitrogens with one attached hydrogen (secondary N) is 2. The van der Waals surface area contributed by atoms with Crippen LogP contribution in [0.1, 0.15) is 22.3 Å². The van der Waals surface area contributed by atoms with Crippen LogP contribution in [0.25, 0.3) is 10.9 Å². The maximum absolute atomic E-state index is 13.0. The number of carbonyl (C=O) groups excluding carboxylic acids is 3. The Balaban J connectivity index is 1.25. The van der Waals surface area contributed by atoms with Gasteiger partial charge >= 0.3 is 0 Å². The van der Waals surface area contributed by atoms with Gasteiger partial charge in [0, 0.05) is 34.3 Å². The summed E-state index contributed by atoms with van der Waals surface area (Å²) in [5, 5.41) is 3.42. The Labute approximate surface area is 195 Å². The van der Waals surface area contributed by atoms with E-state index in [-0.39, 0.29) is 24.1 Å². The molecule has 164 valence electrons. The van der Waals surface area contributed by atoms with Crippen LogP contribution >= 0.6 is 11.8 Å². The van der Waals surface area contributed by atoms with Gasteiger partial charge < -0.3 is 10.3 Å². The third kappa shape index (κ3) is 4.27. The third-order valence-corrected chi connectivity index (χ3v) is 6.80. The average Bonchev–Trinajstić information content (AvgIpc) is 3.38. The predicted molar refractivity (Wildman–Crippen MR) is 131 cm³/mol. The van der Waals surface area contributed by atoms with Crippen LogP contribution in [-0.2, 0) is 9.59 Å². The van der Waals surface area contributed by atoms with Crippen LogP contribution < -0.4 is 10.2 Å². The zero-order valence-corrected chi connectivity index (χ0v) is 18.7. The maximum Gasteiger partial charge on any atom is 0.255 e. The third-order valence-electron chi connectivity index (χ3n) is 5.61. The summed E-state index contributed by atoms with van der Waals surface area (Å²) in [4.78, 5) is 43.3. The number of imide groups is 1. The zero-order chi connectivity index (χ0) is 22.9. The molecule has 3 aromatic carbocycles. The highest BCUT2D eigenvalue weighted by Gasteiger charge is 2.40. The molecule has 33 heavy (non-hydrogen) atoms. The highest BCUT2D eigenvalue weighted by molar-refractivity contribution is 8.00. The molecule has 2 heterocycles. The number of fused-ring (bicyclic) bond motifs is 1. The van der Waals surface area contributed by atoms with Crippen LogP contribution in [-0.4, -0.2) is 28.0 Å². The van der Waals surface area contributed by atoms with E-state index < -0.39 is 5.25 Å². The molecule has 2 N–H and O–H groups in total. The van der Waals surface area contributed by atoms with Crippen molar-refractivity contribution in [1.82, 2.24) is 4.98 Å². The largest absolute Gasteiger partial charge is 0.361 e. The van der Waals surface area contributed by atoms with E-state index in [0.29, 0.717) is 16.9 Å². The molecule has 0 radical (unpaired) electrons. The molecule has 1 atom stereocenters. The van der Waals surface area contributed by atoms with E-state index in [9.17, 15) is 14.4 Å². The molecule has 3 amide bonds. The normalized spacial score (nSPS) is 15.9. The van der Waals surface area contributed by atoms with E-state index in [1.807, 2.05) is 55.6 Å². The number of anilines is 2. The van der Waals surface area contributed by atoms with Crippen LogP contribution in [0.5, 0.6) is 0 Å². The van der Waals surface area contributed by atoms with E-state index in [1.54, 1.807) is 30.3 Å². The second kappa shape index (κ2) is 8.60. The molecule has 1 saturated heterocycles. The Morgan fingerprint density at radius 3 is 2.52 bits per heavy atom. The molecule has 7 heteroatoms. The SMILES string of the molecule is Cc1ccc(C(=O)Nc2ccc(SC3CC(=O)N(c4ccc5cc[nH]c5c4)C3=O)cc2)cc1. The monoisotopic (exact) mass is 455 g/mol. The van der Waals surface area contributed by atoms with Gasteiger partial charge in [-0.05, 0) is 66.9 Å². The lowest BCUT2D eigenvalue weighted by Crippen LogP contribution is -2.31. The number of benzene rings is 3. The molecule has 1 unspecified atom stereocenters. The first-order valence-electron chi connectivity index (χ1n) is 10.6. The minimum Gasteiger partial charge on any atom is -0.361 e. The van der Waals surface area contributed by atoms with Gasteiger partial charge in [-0.3, -0.25) is 14.4 Å². The second-order valence-electron chi connectivity index (χ2n) is 7.97. The van der Waals surface area contributed by atoms with Gasteiger partial charge in [-0.2, -0.15) is 0 Å². The van der Waals surface area contributed by atoms with Gasteiger partial charge in [0.15, 0.2) is 0 Å². The highest BCUT2D eigenvalue weighted by Crippen LogP contribution is 2.35. The van der Waals surface area contributed by atoms with Crippen molar-refractivity contribution >= 4 is 51.8 Å². The maximum atomic E-state index is 13.0. The molecule has 5 rings (SSSR count). The number of aryl methyl sites for hydroxylation is 1. The van der Waals surface area contributed by atoms with Gasteiger partial charge in [0.05, 0.1) is 10.9 Å². The summed E-state index contributed by atoms with van der Waals surface area (Å²) in [6, 6.07) is 22.1. The molecule has 1 aromatic heterocycles. The molecule has 0 saturated carbocycles. The molecular formula is C26H21N3O3S. The van der Waals surface area contributed by atoms with E-state index in [2.05, 4.69) is 10.3 Å². The molecule has 4 aromatic rings. The van der Waals surface area contributed by atoms with Gasteiger partial charge in [0.1, 0.15) is 0 Å².